The van der Waals surface area contributed by atoms with Gasteiger partial charge in [-0.05, 0) is 41.7 Å². The van der Waals surface area contributed by atoms with Gasteiger partial charge >= 0.3 is 12.0 Å². The van der Waals surface area contributed by atoms with Gasteiger partial charge in [-0.1, -0.05) is 50.6 Å². The fraction of sp³-hybridized carbons (Fsp3) is 0.423. The van der Waals surface area contributed by atoms with Gasteiger partial charge in [0.15, 0.2) is 0 Å². The Morgan fingerprint density at radius 3 is 2.44 bits per heavy atom. The molecule has 1 aliphatic heterocycles. The minimum atomic E-state index is -1.37. The number of hydrogen-bond acceptors (Lipinski definition) is 6. The van der Waals surface area contributed by atoms with Gasteiger partial charge in [-0.2, -0.15) is 0 Å². The summed E-state index contributed by atoms with van der Waals surface area (Å²) in [5.74, 6) is 0.211. The van der Waals surface area contributed by atoms with Crippen LogP contribution >= 0.6 is 11.6 Å². The highest BCUT2D eigenvalue weighted by molar-refractivity contribution is 6.30. The molecule has 36 heavy (non-hydrogen) atoms. The van der Waals surface area contributed by atoms with E-state index in [4.69, 9.17) is 21.1 Å². The molecule has 1 heterocycles. The smallest absolute Gasteiger partial charge is 0.327 e. The van der Waals surface area contributed by atoms with Crippen LogP contribution in [0.4, 0.5) is 10.5 Å². The van der Waals surface area contributed by atoms with E-state index in [1.165, 1.54) is 12.0 Å². The molecule has 0 spiro atoms. The van der Waals surface area contributed by atoms with Crippen molar-refractivity contribution in [3.8, 4) is 5.75 Å². The lowest BCUT2D eigenvalue weighted by atomic mass is 10.0. The Hall–Kier alpha value is -3.30. The molecule has 2 atom stereocenters. The minimum Gasteiger partial charge on any atom is -0.496 e. The van der Waals surface area contributed by atoms with Crippen LogP contribution in [0.1, 0.15) is 31.9 Å². The van der Waals surface area contributed by atoms with Crippen LogP contribution in [0.5, 0.6) is 5.75 Å². The van der Waals surface area contributed by atoms with Crippen LogP contribution in [0.2, 0.25) is 5.02 Å². The van der Waals surface area contributed by atoms with Crippen LogP contribution in [0, 0.1) is 11.8 Å². The maximum atomic E-state index is 12.9. The quantitative estimate of drug-likeness (QED) is 0.485. The van der Waals surface area contributed by atoms with Crippen molar-refractivity contribution in [2.24, 2.45) is 16.8 Å². The number of nitrogens with one attached hydrogen (secondary N) is 1. The Balaban J connectivity index is 1.96. The standard InChI is InChI=1S/C26H33ClN4O5/c1-16(2)12-19-8-11-21(13-22(19)35-4)28-24-29-25(33)31(14-17(3)23(32)36-5)26(34)30(24)15-18-6-9-20(27)10-7-18/h6-11,13,16-17,26,34H,12,14-15H2,1-5H3,(H,28,29,33)/t17-,26?/m0/s1. The highest BCUT2D eigenvalue weighted by Crippen LogP contribution is 2.28. The Morgan fingerprint density at radius 1 is 1.14 bits per heavy atom. The summed E-state index contributed by atoms with van der Waals surface area (Å²) in [6.45, 7) is 6.08. The van der Waals surface area contributed by atoms with E-state index in [9.17, 15) is 14.7 Å². The van der Waals surface area contributed by atoms with E-state index in [1.807, 2.05) is 24.3 Å². The third-order valence-electron chi connectivity index (χ3n) is 5.78. The van der Waals surface area contributed by atoms with Crippen molar-refractivity contribution in [2.45, 2.75) is 40.1 Å². The summed E-state index contributed by atoms with van der Waals surface area (Å²) in [4.78, 5) is 32.2. The molecule has 0 radical (unpaired) electrons. The van der Waals surface area contributed by atoms with E-state index in [0.29, 0.717) is 22.4 Å². The summed E-state index contributed by atoms with van der Waals surface area (Å²) < 4.78 is 10.3. The average molecular weight is 517 g/mol. The molecular weight excluding hydrogens is 484 g/mol. The lowest BCUT2D eigenvalue weighted by Gasteiger charge is -2.42. The number of carbonyl (C=O) groups excluding carboxylic acids is 2. The van der Waals surface area contributed by atoms with Gasteiger partial charge in [0, 0.05) is 17.6 Å². The Bertz CT molecular complexity index is 1110. The monoisotopic (exact) mass is 516 g/mol. The third-order valence-corrected chi connectivity index (χ3v) is 6.04. The molecular formula is C26H33ClN4O5. The minimum absolute atomic E-state index is 0.0399. The van der Waals surface area contributed by atoms with E-state index in [-0.39, 0.29) is 19.0 Å². The SMILES string of the molecule is COC(=O)[C@@H](C)CN1C(=O)N/C(=N\c2ccc(CC(C)C)c(OC)c2)N(Cc2ccc(Cl)cc2)C1O. The number of nitrogens with zero attached hydrogens (tertiary/aromatic N) is 3. The number of aliphatic hydroxyl groups excluding tert-OH is 1. The summed E-state index contributed by atoms with van der Waals surface area (Å²) in [5, 5.41) is 14.6. The highest BCUT2D eigenvalue weighted by Gasteiger charge is 2.38. The maximum absolute atomic E-state index is 12.9. The van der Waals surface area contributed by atoms with Crippen LogP contribution in [-0.4, -0.2) is 60.0 Å². The van der Waals surface area contributed by atoms with Crippen molar-refractivity contribution in [1.29, 1.82) is 0 Å². The summed E-state index contributed by atoms with van der Waals surface area (Å²) in [6.07, 6.45) is -0.520. The fourth-order valence-electron chi connectivity index (χ4n) is 3.94. The number of aliphatic hydroxyl groups is 1. The van der Waals surface area contributed by atoms with Crippen LogP contribution in [0.25, 0.3) is 0 Å². The zero-order chi connectivity index (χ0) is 26.4. The number of halogens is 1. The molecule has 0 bridgehead atoms. The zero-order valence-electron chi connectivity index (χ0n) is 21.2. The van der Waals surface area contributed by atoms with Gasteiger partial charge in [0.05, 0.1) is 32.4 Å². The van der Waals surface area contributed by atoms with E-state index >= 15 is 0 Å². The first-order chi connectivity index (χ1) is 17.1. The number of benzene rings is 2. The summed E-state index contributed by atoms with van der Waals surface area (Å²) in [7, 11) is 2.89. The second kappa shape index (κ2) is 12.1. The van der Waals surface area contributed by atoms with Gasteiger partial charge in [0.25, 0.3) is 0 Å². The van der Waals surface area contributed by atoms with E-state index < -0.39 is 24.3 Å². The number of guanidine groups is 1. The van der Waals surface area contributed by atoms with E-state index in [2.05, 4.69) is 24.2 Å². The molecule has 194 valence electrons. The molecule has 9 nitrogen and oxygen atoms in total. The number of urea groups is 1. The molecule has 2 N–H and O–H groups in total. The van der Waals surface area contributed by atoms with Crippen molar-refractivity contribution in [1.82, 2.24) is 15.1 Å². The maximum Gasteiger partial charge on any atom is 0.327 e. The fourth-order valence-corrected chi connectivity index (χ4v) is 4.06. The van der Waals surface area contributed by atoms with Crippen molar-refractivity contribution in [3.05, 3.63) is 58.6 Å². The van der Waals surface area contributed by atoms with E-state index in [0.717, 1.165) is 17.5 Å². The molecule has 3 rings (SSSR count). The van der Waals surface area contributed by atoms with Crippen molar-refractivity contribution >= 4 is 35.2 Å². The molecule has 0 aromatic heterocycles. The van der Waals surface area contributed by atoms with Gasteiger partial charge in [-0.25, -0.2) is 9.79 Å². The van der Waals surface area contributed by atoms with Crippen LogP contribution < -0.4 is 10.1 Å². The second-order valence-electron chi connectivity index (χ2n) is 9.14. The predicted octanol–water partition coefficient (Wildman–Crippen LogP) is 4.15. The number of methoxy groups -OCH3 is 2. The molecule has 10 heteroatoms. The normalized spacial score (nSPS) is 17.8. The van der Waals surface area contributed by atoms with Crippen molar-refractivity contribution in [3.63, 3.8) is 0 Å². The van der Waals surface area contributed by atoms with Gasteiger partial charge in [0.1, 0.15) is 5.75 Å². The molecule has 2 amide bonds. The number of hydrogen-bond donors (Lipinski definition) is 2. The summed E-state index contributed by atoms with van der Waals surface area (Å²) in [6, 6.07) is 12.2. The average Bonchev–Trinajstić information content (AvgIpc) is 2.85. The number of ether oxygens (including phenoxy) is 2. The van der Waals surface area contributed by atoms with Gasteiger partial charge in [-0.15, -0.1) is 0 Å². The molecule has 1 aliphatic rings. The molecule has 2 aromatic rings. The second-order valence-corrected chi connectivity index (χ2v) is 9.57. The van der Waals surface area contributed by atoms with E-state index in [1.54, 1.807) is 37.1 Å². The first kappa shape index (κ1) is 27.3. The Labute approximate surface area is 216 Å². The zero-order valence-corrected chi connectivity index (χ0v) is 22.0. The van der Waals surface area contributed by atoms with Gasteiger partial charge < -0.3 is 14.6 Å². The number of rotatable bonds is 9. The molecule has 1 unspecified atom stereocenters. The van der Waals surface area contributed by atoms with Crippen molar-refractivity contribution < 1.29 is 24.2 Å². The van der Waals surface area contributed by atoms with Crippen LogP contribution in [-0.2, 0) is 22.5 Å². The molecule has 1 saturated heterocycles. The van der Waals surface area contributed by atoms with Gasteiger partial charge in [0.2, 0.25) is 12.3 Å². The molecule has 2 aromatic carbocycles. The first-order valence-electron chi connectivity index (χ1n) is 11.7. The largest absolute Gasteiger partial charge is 0.496 e. The third kappa shape index (κ3) is 6.67. The van der Waals surface area contributed by atoms with Crippen molar-refractivity contribution in [2.75, 3.05) is 20.8 Å². The highest BCUT2D eigenvalue weighted by atomic mass is 35.5. The molecule has 1 fully saturated rings. The first-order valence-corrected chi connectivity index (χ1v) is 12.1. The predicted molar refractivity (Wildman–Crippen MR) is 138 cm³/mol. The molecule has 0 aliphatic carbocycles. The number of aliphatic imine (C=N–C) groups is 1. The Kier molecular flexibility index (Phi) is 9.17. The number of carbonyl (C=O) groups is 2. The summed E-state index contributed by atoms with van der Waals surface area (Å²) in [5.41, 5.74) is 2.46. The lowest BCUT2D eigenvalue weighted by Crippen LogP contribution is -2.66. The van der Waals surface area contributed by atoms with Crippen LogP contribution in [0.3, 0.4) is 0 Å². The lowest BCUT2D eigenvalue weighted by molar-refractivity contribution is -0.147. The number of esters is 1. The topological polar surface area (TPSA) is 104 Å². The Morgan fingerprint density at radius 2 is 1.83 bits per heavy atom. The van der Waals surface area contributed by atoms with Gasteiger partial charge in [-0.3, -0.25) is 19.9 Å². The molecule has 0 saturated carbocycles. The van der Waals surface area contributed by atoms with Crippen LogP contribution in [0.15, 0.2) is 47.5 Å². The summed E-state index contributed by atoms with van der Waals surface area (Å²) >= 11 is 6.03. The number of amides is 2.